The lowest BCUT2D eigenvalue weighted by Gasteiger charge is -2.22. The van der Waals surface area contributed by atoms with Gasteiger partial charge in [-0.25, -0.2) is 4.39 Å². The molecule has 0 spiro atoms. The van der Waals surface area contributed by atoms with Crippen molar-refractivity contribution in [3.63, 3.8) is 0 Å². The van der Waals surface area contributed by atoms with Gasteiger partial charge >= 0.3 is 0 Å². The second-order valence-electron chi connectivity index (χ2n) is 8.90. The lowest BCUT2D eigenvalue weighted by Crippen LogP contribution is -2.30. The number of likely N-dealkylation sites (tertiary alicyclic amines) is 1. The number of nitrogens with zero attached hydrogens (tertiary/aromatic N) is 3. The molecule has 7 heteroatoms. The van der Waals surface area contributed by atoms with E-state index < -0.39 is 0 Å². The number of halogens is 1. The first-order valence-corrected chi connectivity index (χ1v) is 11.5. The summed E-state index contributed by atoms with van der Waals surface area (Å²) in [4.78, 5) is 26.9. The molecule has 1 N–H and O–H groups in total. The molecule has 2 heterocycles. The molecule has 0 radical (unpaired) electrons. The van der Waals surface area contributed by atoms with E-state index in [-0.39, 0.29) is 30.0 Å². The van der Waals surface area contributed by atoms with Crippen LogP contribution in [0.4, 0.5) is 4.39 Å². The summed E-state index contributed by atoms with van der Waals surface area (Å²) in [7, 11) is 0. The maximum absolute atomic E-state index is 14.0. The molecule has 33 heavy (non-hydrogen) atoms. The third kappa shape index (κ3) is 4.53. The summed E-state index contributed by atoms with van der Waals surface area (Å²) in [6.45, 7) is 2.43. The highest BCUT2D eigenvalue weighted by Crippen LogP contribution is 2.40. The van der Waals surface area contributed by atoms with Gasteiger partial charge in [0.15, 0.2) is 0 Å². The zero-order chi connectivity index (χ0) is 22.8. The summed E-state index contributed by atoms with van der Waals surface area (Å²) >= 11 is 0. The topological polar surface area (TPSA) is 67.2 Å². The molecule has 0 saturated carbocycles. The van der Waals surface area contributed by atoms with Crippen LogP contribution in [-0.2, 0) is 24.2 Å². The molecule has 1 fully saturated rings. The summed E-state index contributed by atoms with van der Waals surface area (Å²) in [5, 5.41) is 7.76. The molecule has 0 bridgehead atoms. The molecule has 1 aromatic heterocycles. The van der Waals surface area contributed by atoms with E-state index in [1.807, 2.05) is 27.8 Å². The second kappa shape index (κ2) is 9.17. The molecule has 5 rings (SSSR count). The van der Waals surface area contributed by atoms with E-state index in [0.29, 0.717) is 43.2 Å². The molecule has 3 aromatic rings. The number of benzene rings is 2. The molecule has 2 amide bonds. The minimum Gasteiger partial charge on any atom is -0.350 e. The van der Waals surface area contributed by atoms with E-state index in [9.17, 15) is 14.0 Å². The summed E-state index contributed by atoms with van der Waals surface area (Å²) in [5.74, 6) is 0.163. The van der Waals surface area contributed by atoms with Crippen LogP contribution in [0.5, 0.6) is 0 Å². The van der Waals surface area contributed by atoms with Crippen LogP contribution in [0.15, 0.2) is 60.8 Å². The highest BCUT2D eigenvalue weighted by molar-refractivity contribution is 5.94. The molecule has 170 valence electrons. The molecule has 1 aliphatic heterocycles. The molecule has 1 aliphatic carbocycles. The van der Waals surface area contributed by atoms with Crippen molar-refractivity contribution in [3.05, 3.63) is 89.0 Å². The van der Waals surface area contributed by atoms with E-state index >= 15 is 0 Å². The fourth-order valence-electron chi connectivity index (χ4n) is 5.01. The monoisotopic (exact) mass is 446 g/mol. The van der Waals surface area contributed by atoms with Crippen molar-refractivity contribution in [3.8, 4) is 0 Å². The Kier molecular flexibility index (Phi) is 5.94. The predicted octanol–water partition coefficient (Wildman–Crippen LogP) is 3.18. The van der Waals surface area contributed by atoms with Crippen LogP contribution >= 0.6 is 0 Å². The van der Waals surface area contributed by atoms with E-state index in [0.717, 1.165) is 18.5 Å². The van der Waals surface area contributed by atoms with Gasteiger partial charge in [-0.05, 0) is 48.1 Å². The van der Waals surface area contributed by atoms with Gasteiger partial charge in [0.2, 0.25) is 5.91 Å². The molecule has 2 aromatic carbocycles. The van der Waals surface area contributed by atoms with E-state index in [4.69, 9.17) is 5.10 Å². The Labute approximate surface area is 192 Å². The van der Waals surface area contributed by atoms with Crippen molar-refractivity contribution in [2.75, 3.05) is 19.6 Å². The quantitative estimate of drug-likeness (QED) is 0.633. The predicted molar refractivity (Wildman–Crippen MR) is 122 cm³/mol. The minimum absolute atomic E-state index is 0.0286. The first-order valence-electron chi connectivity index (χ1n) is 11.5. The van der Waals surface area contributed by atoms with Crippen molar-refractivity contribution in [2.24, 2.45) is 5.92 Å². The van der Waals surface area contributed by atoms with Gasteiger partial charge in [0.25, 0.3) is 5.91 Å². The average molecular weight is 447 g/mol. The lowest BCUT2D eigenvalue weighted by molar-refractivity contribution is -0.129. The van der Waals surface area contributed by atoms with Crippen molar-refractivity contribution in [1.29, 1.82) is 0 Å². The number of nitrogens with one attached hydrogen (secondary N) is 1. The van der Waals surface area contributed by atoms with Crippen LogP contribution in [0.1, 0.15) is 39.5 Å². The molecule has 2 atom stereocenters. The largest absolute Gasteiger partial charge is 0.350 e. The van der Waals surface area contributed by atoms with E-state index in [2.05, 4.69) is 11.5 Å². The first kappa shape index (κ1) is 21.4. The lowest BCUT2D eigenvalue weighted by atomic mass is 9.81. The number of aryl methyl sites for hydroxylation is 1. The number of carbonyl (C=O) groups is 2. The number of amides is 2. The van der Waals surface area contributed by atoms with Crippen LogP contribution in [0.2, 0.25) is 0 Å². The van der Waals surface area contributed by atoms with Crippen molar-refractivity contribution in [2.45, 2.75) is 31.7 Å². The standard InChI is InChI=1S/C26H27FN4O2/c27-23-9-5-4-8-19(23)14-24(32)30-15-20-10-11-21-16-31(29-25(21)22(20)17-30)13-12-28-26(33)18-6-2-1-3-7-18/h1-9,16,20,22H,10-15,17H2,(H,28,33)/t20-,22+/m1/s1. The number of aromatic nitrogens is 2. The van der Waals surface area contributed by atoms with Gasteiger partial charge in [0.05, 0.1) is 18.7 Å². The van der Waals surface area contributed by atoms with Crippen LogP contribution in [0, 0.1) is 11.7 Å². The Morgan fingerprint density at radius 2 is 1.85 bits per heavy atom. The molecule has 0 unspecified atom stereocenters. The highest BCUT2D eigenvalue weighted by Gasteiger charge is 2.41. The van der Waals surface area contributed by atoms with E-state index in [1.54, 1.807) is 30.3 Å². The smallest absolute Gasteiger partial charge is 0.251 e. The number of hydrogen-bond donors (Lipinski definition) is 1. The van der Waals surface area contributed by atoms with E-state index in [1.165, 1.54) is 11.6 Å². The van der Waals surface area contributed by atoms with Gasteiger partial charge in [0, 0.05) is 37.3 Å². The van der Waals surface area contributed by atoms with Gasteiger partial charge in [-0.15, -0.1) is 0 Å². The van der Waals surface area contributed by atoms with Gasteiger partial charge in [-0.2, -0.15) is 5.10 Å². The maximum Gasteiger partial charge on any atom is 0.251 e. The van der Waals surface area contributed by atoms with Gasteiger partial charge in [0.1, 0.15) is 5.82 Å². The first-order chi connectivity index (χ1) is 16.1. The van der Waals surface area contributed by atoms with Crippen LogP contribution in [-0.4, -0.2) is 46.1 Å². The summed E-state index contributed by atoms with van der Waals surface area (Å²) in [5.41, 5.74) is 3.39. The molecule has 1 saturated heterocycles. The fraction of sp³-hybridized carbons (Fsp3) is 0.346. The van der Waals surface area contributed by atoms with Crippen LogP contribution < -0.4 is 5.32 Å². The van der Waals surface area contributed by atoms with Crippen molar-refractivity contribution in [1.82, 2.24) is 20.0 Å². The fourth-order valence-corrected chi connectivity index (χ4v) is 5.01. The van der Waals surface area contributed by atoms with Crippen LogP contribution in [0.3, 0.4) is 0 Å². The Morgan fingerprint density at radius 3 is 2.67 bits per heavy atom. The number of rotatable bonds is 6. The zero-order valence-electron chi connectivity index (χ0n) is 18.4. The third-order valence-electron chi connectivity index (χ3n) is 6.76. The molecular formula is C26H27FN4O2. The number of fused-ring (bicyclic) bond motifs is 3. The van der Waals surface area contributed by atoms with Crippen molar-refractivity contribution >= 4 is 11.8 Å². The normalized spacial score (nSPS) is 19.1. The zero-order valence-corrected chi connectivity index (χ0v) is 18.4. The van der Waals surface area contributed by atoms with Crippen molar-refractivity contribution < 1.29 is 14.0 Å². The summed E-state index contributed by atoms with van der Waals surface area (Å²) in [6, 6.07) is 15.6. The minimum atomic E-state index is -0.331. The SMILES string of the molecule is O=C(NCCn1cc2c(n1)[C@H]1CN(C(=O)Cc3ccccc3F)C[C@H]1CC2)c1ccccc1. The molecule has 2 aliphatic rings. The Bertz CT molecular complexity index is 1160. The number of hydrogen-bond acceptors (Lipinski definition) is 3. The number of carbonyl (C=O) groups excluding carboxylic acids is 2. The van der Waals surface area contributed by atoms with Crippen LogP contribution in [0.25, 0.3) is 0 Å². The van der Waals surface area contributed by atoms with Gasteiger partial charge < -0.3 is 10.2 Å². The molecular weight excluding hydrogens is 419 g/mol. The summed E-state index contributed by atoms with van der Waals surface area (Å²) < 4.78 is 15.9. The highest BCUT2D eigenvalue weighted by atomic mass is 19.1. The Balaban J connectivity index is 1.20. The third-order valence-corrected chi connectivity index (χ3v) is 6.76. The maximum atomic E-state index is 14.0. The summed E-state index contributed by atoms with van der Waals surface area (Å²) in [6.07, 6.45) is 4.14. The second-order valence-corrected chi connectivity index (χ2v) is 8.90. The van der Waals surface area contributed by atoms with Gasteiger partial charge in [-0.1, -0.05) is 36.4 Å². The molecule has 6 nitrogen and oxygen atoms in total. The van der Waals surface area contributed by atoms with Gasteiger partial charge in [-0.3, -0.25) is 14.3 Å². The average Bonchev–Trinajstić information content (AvgIpc) is 3.45. The Hall–Kier alpha value is -3.48. The Morgan fingerprint density at radius 1 is 1.06 bits per heavy atom.